The summed E-state index contributed by atoms with van der Waals surface area (Å²) < 4.78 is 2.25. The minimum Gasteiger partial charge on any atom is -0.306 e. The second-order valence-corrected chi connectivity index (χ2v) is 8.68. The van der Waals surface area contributed by atoms with E-state index in [0.717, 1.165) is 71.8 Å². The largest absolute Gasteiger partial charge is 0.306 e. The molecule has 0 amide bonds. The summed E-state index contributed by atoms with van der Waals surface area (Å²) >= 11 is 6.24. The van der Waals surface area contributed by atoms with Gasteiger partial charge in [0.05, 0.1) is 12.2 Å². The zero-order chi connectivity index (χ0) is 20.0. The molecule has 0 saturated heterocycles. The highest BCUT2D eigenvalue weighted by atomic mass is 35.5. The third-order valence-corrected chi connectivity index (χ3v) is 6.33. The van der Waals surface area contributed by atoms with Crippen molar-refractivity contribution in [2.24, 2.45) is 0 Å². The fourth-order valence-corrected chi connectivity index (χ4v) is 4.93. The highest BCUT2D eigenvalue weighted by molar-refractivity contribution is 6.30. The SMILES string of the molecule is Cc1cc(C)nc(C2CCC(c3nnc4n3-c3ccc(Cl)cc3CNC4)CC2)n1. The van der Waals surface area contributed by atoms with E-state index in [0.29, 0.717) is 18.4 Å². The van der Waals surface area contributed by atoms with Crippen LogP contribution in [0.2, 0.25) is 5.02 Å². The fraction of sp³-hybridized carbons (Fsp3) is 0.455. The molecular formula is C22H25ClN6. The van der Waals surface area contributed by atoms with Gasteiger partial charge in [-0.15, -0.1) is 10.2 Å². The third kappa shape index (κ3) is 3.55. The second kappa shape index (κ2) is 7.50. The number of halogens is 1. The molecule has 2 aliphatic rings. The van der Waals surface area contributed by atoms with Gasteiger partial charge in [0.1, 0.15) is 11.6 Å². The van der Waals surface area contributed by atoms with Crippen LogP contribution in [0.15, 0.2) is 24.3 Å². The molecule has 3 heterocycles. The first-order chi connectivity index (χ1) is 14.1. The highest BCUT2D eigenvalue weighted by Crippen LogP contribution is 2.40. The summed E-state index contributed by atoms with van der Waals surface area (Å²) in [5.74, 6) is 3.89. The Bertz CT molecular complexity index is 1030. The van der Waals surface area contributed by atoms with Gasteiger partial charge in [0, 0.05) is 34.8 Å². The van der Waals surface area contributed by atoms with Gasteiger partial charge >= 0.3 is 0 Å². The Labute approximate surface area is 175 Å². The Balaban J connectivity index is 1.42. The molecule has 1 aliphatic carbocycles. The van der Waals surface area contributed by atoms with Crippen molar-refractivity contribution in [2.75, 3.05) is 0 Å². The van der Waals surface area contributed by atoms with Crippen LogP contribution < -0.4 is 5.32 Å². The normalized spacial score (nSPS) is 21.3. The van der Waals surface area contributed by atoms with Gasteiger partial charge in [0.15, 0.2) is 5.82 Å². The summed E-state index contributed by atoms with van der Waals surface area (Å²) in [5.41, 5.74) is 4.45. The number of hydrogen-bond acceptors (Lipinski definition) is 5. The Hall–Kier alpha value is -2.31. The maximum absolute atomic E-state index is 6.24. The summed E-state index contributed by atoms with van der Waals surface area (Å²) in [7, 11) is 0. The molecule has 1 N–H and O–H groups in total. The Morgan fingerprint density at radius 1 is 0.931 bits per heavy atom. The van der Waals surface area contributed by atoms with E-state index in [2.05, 4.69) is 26.1 Å². The topological polar surface area (TPSA) is 68.5 Å². The summed E-state index contributed by atoms with van der Waals surface area (Å²) in [5, 5.41) is 13.3. The molecule has 6 nitrogen and oxygen atoms in total. The van der Waals surface area contributed by atoms with E-state index < -0.39 is 0 Å². The average Bonchev–Trinajstić information content (AvgIpc) is 3.03. The minimum atomic E-state index is 0.403. The lowest BCUT2D eigenvalue weighted by Crippen LogP contribution is -2.18. The van der Waals surface area contributed by atoms with Gasteiger partial charge in [-0.25, -0.2) is 9.97 Å². The lowest BCUT2D eigenvalue weighted by atomic mass is 9.81. The number of aryl methyl sites for hydroxylation is 2. The molecule has 3 aromatic rings. The number of aromatic nitrogens is 5. The van der Waals surface area contributed by atoms with Gasteiger partial charge in [0.25, 0.3) is 0 Å². The molecule has 1 aromatic carbocycles. The van der Waals surface area contributed by atoms with Crippen LogP contribution in [-0.2, 0) is 13.1 Å². The monoisotopic (exact) mass is 408 g/mol. The molecule has 1 aliphatic heterocycles. The van der Waals surface area contributed by atoms with Crippen LogP contribution in [0.25, 0.3) is 5.69 Å². The fourth-order valence-electron chi connectivity index (χ4n) is 4.74. The smallest absolute Gasteiger partial charge is 0.151 e. The van der Waals surface area contributed by atoms with Crippen molar-refractivity contribution in [1.29, 1.82) is 0 Å². The molecule has 0 radical (unpaired) electrons. The Kier molecular flexibility index (Phi) is 4.84. The van der Waals surface area contributed by atoms with Gasteiger partial charge in [-0.3, -0.25) is 4.57 Å². The van der Waals surface area contributed by atoms with Gasteiger partial charge in [0.2, 0.25) is 0 Å². The maximum Gasteiger partial charge on any atom is 0.151 e. The number of hydrogen-bond donors (Lipinski definition) is 1. The molecule has 29 heavy (non-hydrogen) atoms. The second-order valence-electron chi connectivity index (χ2n) is 8.24. The highest BCUT2D eigenvalue weighted by Gasteiger charge is 2.30. The molecular weight excluding hydrogens is 384 g/mol. The molecule has 7 heteroatoms. The van der Waals surface area contributed by atoms with E-state index in [-0.39, 0.29) is 0 Å². The van der Waals surface area contributed by atoms with Gasteiger partial charge in [-0.05, 0) is 69.4 Å². The van der Waals surface area contributed by atoms with Crippen molar-refractivity contribution in [3.8, 4) is 5.69 Å². The van der Waals surface area contributed by atoms with Crippen molar-refractivity contribution in [3.05, 3.63) is 63.7 Å². The first-order valence-electron chi connectivity index (χ1n) is 10.3. The zero-order valence-electron chi connectivity index (χ0n) is 16.8. The minimum absolute atomic E-state index is 0.403. The predicted molar refractivity (Wildman–Crippen MR) is 112 cm³/mol. The van der Waals surface area contributed by atoms with Crippen LogP contribution >= 0.6 is 11.6 Å². The van der Waals surface area contributed by atoms with Crippen molar-refractivity contribution < 1.29 is 0 Å². The zero-order valence-corrected chi connectivity index (χ0v) is 17.6. The molecule has 5 rings (SSSR count). The molecule has 2 aromatic heterocycles. The summed E-state index contributed by atoms with van der Waals surface area (Å²) in [6.07, 6.45) is 4.33. The molecule has 1 saturated carbocycles. The van der Waals surface area contributed by atoms with Crippen LogP contribution in [0.4, 0.5) is 0 Å². The first-order valence-corrected chi connectivity index (χ1v) is 10.7. The van der Waals surface area contributed by atoms with Crippen LogP contribution in [0.1, 0.15) is 71.9 Å². The average molecular weight is 409 g/mol. The molecule has 0 unspecified atom stereocenters. The van der Waals surface area contributed by atoms with Crippen molar-refractivity contribution in [1.82, 2.24) is 30.0 Å². The van der Waals surface area contributed by atoms with Crippen LogP contribution in [0, 0.1) is 13.8 Å². The number of rotatable bonds is 2. The van der Waals surface area contributed by atoms with Crippen LogP contribution in [0.3, 0.4) is 0 Å². The number of nitrogens with one attached hydrogen (secondary N) is 1. The van der Waals surface area contributed by atoms with Crippen LogP contribution in [-0.4, -0.2) is 24.7 Å². The van der Waals surface area contributed by atoms with E-state index in [1.165, 1.54) is 5.56 Å². The predicted octanol–water partition coefficient (Wildman–Crippen LogP) is 4.37. The number of nitrogens with zero attached hydrogens (tertiary/aromatic N) is 5. The Morgan fingerprint density at radius 3 is 2.41 bits per heavy atom. The van der Waals surface area contributed by atoms with Crippen molar-refractivity contribution >= 4 is 11.6 Å². The van der Waals surface area contributed by atoms with Crippen molar-refractivity contribution in [3.63, 3.8) is 0 Å². The molecule has 0 atom stereocenters. The van der Waals surface area contributed by atoms with E-state index in [1.54, 1.807) is 0 Å². The molecule has 0 spiro atoms. The third-order valence-electron chi connectivity index (χ3n) is 6.09. The standard InChI is InChI=1S/C22H25ClN6/c1-13-9-14(2)26-21(25-13)15-3-5-16(6-4-15)22-28-27-20-12-24-11-17-10-18(23)7-8-19(17)29(20)22/h7-10,15-16,24H,3-6,11-12H2,1-2H3. The molecule has 150 valence electrons. The van der Waals surface area contributed by atoms with Gasteiger partial charge < -0.3 is 5.32 Å². The lowest BCUT2D eigenvalue weighted by molar-refractivity contribution is 0.371. The van der Waals surface area contributed by atoms with Crippen molar-refractivity contribution in [2.45, 2.75) is 64.5 Å². The van der Waals surface area contributed by atoms with E-state index >= 15 is 0 Å². The molecule has 1 fully saturated rings. The Morgan fingerprint density at radius 2 is 1.66 bits per heavy atom. The number of fused-ring (bicyclic) bond motifs is 3. The van der Waals surface area contributed by atoms with E-state index in [1.807, 2.05) is 32.0 Å². The van der Waals surface area contributed by atoms with E-state index in [4.69, 9.17) is 21.6 Å². The first kappa shape index (κ1) is 18.7. The summed E-state index contributed by atoms with van der Waals surface area (Å²) in [6, 6.07) is 8.12. The quantitative estimate of drug-likeness (QED) is 0.681. The van der Waals surface area contributed by atoms with E-state index in [9.17, 15) is 0 Å². The maximum atomic E-state index is 6.24. The summed E-state index contributed by atoms with van der Waals surface area (Å²) in [4.78, 5) is 9.40. The molecule has 0 bridgehead atoms. The summed E-state index contributed by atoms with van der Waals surface area (Å²) in [6.45, 7) is 5.60. The van der Waals surface area contributed by atoms with Crippen LogP contribution in [0.5, 0.6) is 0 Å². The van der Waals surface area contributed by atoms with Gasteiger partial charge in [-0.2, -0.15) is 0 Å². The lowest BCUT2D eigenvalue weighted by Gasteiger charge is -2.28. The number of benzene rings is 1. The van der Waals surface area contributed by atoms with Gasteiger partial charge in [-0.1, -0.05) is 11.6 Å².